The summed E-state index contributed by atoms with van der Waals surface area (Å²) in [6.07, 6.45) is 0. The van der Waals surface area contributed by atoms with Crippen LogP contribution in [0.3, 0.4) is 0 Å². The smallest absolute Gasteiger partial charge is 0.340 e. The number of benzene rings is 4. The van der Waals surface area contributed by atoms with Gasteiger partial charge in [-0.15, -0.1) is 0 Å². The van der Waals surface area contributed by atoms with Crippen molar-refractivity contribution in [1.82, 2.24) is 0 Å². The van der Waals surface area contributed by atoms with Crippen molar-refractivity contribution in [3.63, 3.8) is 0 Å². The van der Waals surface area contributed by atoms with Crippen LogP contribution >= 0.6 is 11.6 Å². The number of hydrogen-bond donors (Lipinski definition) is 1. The molecule has 0 saturated heterocycles. The second-order valence-corrected chi connectivity index (χ2v) is 9.69. The molecule has 0 aromatic heterocycles. The fourth-order valence-corrected chi connectivity index (χ4v) is 5.55. The van der Waals surface area contributed by atoms with E-state index in [9.17, 15) is 4.79 Å². The molecule has 0 aliphatic carbocycles. The monoisotopic (exact) mass is 526 g/mol. The highest BCUT2D eigenvalue weighted by Crippen LogP contribution is 2.58. The van der Waals surface area contributed by atoms with Gasteiger partial charge < -0.3 is 24.4 Å². The number of fused-ring (bicyclic) bond motifs is 6. The van der Waals surface area contributed by atoms with E-state index in [0.29, 0.717) is 33.5 Å². The molecule has 6 nitrogen and oxygen atoms in total. The maximum absolute atomic E-state index is 13.2. The lowest BCUT2D eigenvalue weighted by molar-refractivity contribution is 0.0224. The van der Waals surface area contributed by atoms with Crippen molar-refractivity contribution in [2.45, 2.75) is 19.4 Å². The molecule has 0 bridgehead atoms. The van der Waals surface area contributed by atoms with Crippen LogP contribution in [0.5, 0.6) is 17.2 Å². The van der Waals surface area contributed by atoms with E-state index in [4.69, 9.17) is 25.8 Å². The van der Waals surface area contributed by atoms with Crippen LogP contribution in [0.1, 0.15) is 40.9 Å². The van der Waals surface area contributed by atoms with E-state index in [1.54, 1.807) is 7.11 Å². The first kappa shape index (κ1) is 24.2. The van der Waals surface area contributed by atoms with Crippen molar-refractivity contribution in [2.24, 2.45) is 0 Å². The molecule has 2 heterocycles. The number of anilines is 3. The molecule has 0 saturated carbocycles. The average molecular weight is 527 g/mol. The normalized spacial score (nSPS) is 16.7. The first-order valence-corrected chi connectivity index (χ1v) is 13.0. The molecule has 4 aromatic rings. The van der Waals surface area contributed by atoms with E-state index < -0.39 is 5.60 Å². The summed E-state index contributed by atoms with van der Waals surface area (Å²) in [7, 11) is 1.62. The third-order valence-electron chi connectivity index (χ3n) is 7.27. The molecule has 192 valence electrons. The molecule has 1 atom stereocenters. The highest BCUT2D eigenvalue weighted by Gasteiger charge is 2.53. The molecular weight excluding hydrogens is 500 g/mol. The van der Waals surface area contributed by atoms with E-state index >= 15 is 0 Å². The minimum Gasteiger partial charge on any atom is -0.494 e. The molecule has 2 aliphatic rings. The third kappa shape index (κ3) is 3.67. The zero-order valence-electron chi connectivity index (χ0n) is 21.4. The predicted molar refractivity (Wildman–Crippen MR) is 150 cm³/mol. The minimum atomic E-state index is -1.17. The minimum absolute atomic E-state index is 0.366. The van der Waals surface area contributed by atoms with E-state index in [1.807, 2.05) is 72.8 Å². The van der Waals surface area contributed by atoms with Crippen LogP contribution in [0.25, 0.3) is 0 Å². The maximum Gasteiger partial charge on any atom is 0.340 e. The topological polar surface area (TPSA) is 60.0 Å². The van der Waals surface area contributed by atoms with Crippen LogP contribution in [0.4, 0.5) is 17.1 Å². The Hall–Kier alpha value is -4.16. The Labute approximate surface area is 226 Å². The van der Waals surface area contributed by atoms with Gasteiger partial charge in [0.2, 0.25) is 0 Å². The number of halogens is 1. The van der Waals surface area contributed by atoms with Gasteiger partial charge in [0.05, 0.1) is 18.4 Å². The van der Waals surface area contributed by atoms with Crippen molar-refractivity contribution in [1.29, 1.82) is 0 Å². The number of carbonyl (C=O) groups excluding carboxylic acids is 1. The zero-order valence-corrected chi connectivity index (χ0v) is 22.1. The van der Waals surface area contributed by atoms with Gasteiger partial charge in [0.1, 0.15) is 17.2 Å². The average Bonchev–Trinajstić information content (AvgIpc) is 3.23. The Morgan fingerprint density at radius 3 is 2.37 bits per heavy atom. The van der Waals surface area contributed by atoms with Crippen LogP contribution in [0, 0.1) is 0 Å². The second-order valence-electron chi connectivity index (χ2n) is 9.25. The van der Waals surface area contributed by atoms with Gasteiger partial charge in [-0.25, -0.2) is 4.79 Å². The summed E-state index contributed by atoms with van der Waals surface area (Å²) in [4.78, 5) is 15.5. The molecule has 0 amide bonds. The molecule has 0 fully saturated rings. The summed E-state index contributed by atoms with van der Waals surface area (Å²) in [6, 6.07) is 24.8. The van der Waals surface area contributed by atoms with Gasteiger partial charge in [0.25, 0.3) is 0 Å². The largest absolute Gasteiger partial charge is 0.494 e. The molecule has 6 rings (SSSR count). The molecule has 1 unspecified atom stereocenters. The van der Waals surface area contributed by atoms with E-state index in [1.165, 1.54) is 0 Å². The summed E-state index contributed by atoms with van der Waals surface area (Å²) in [6.45, 7) is 5.97. The number of methoxy groups -OCH3 is 1. The molecule has 1 spiro atoms. The van der Waals surface area contributed by atoms with Gasteiger partial charge in [-0.3, -0.25) is 0 Å². The van der Waals surface area contributed by atoms with Gasteiger partial charge >= 0.3 is 5.97 Å². The summed E-state index contributed by atoms with van der Waals surface area (Å²) >= 11 is 6.09. The number of rotatable bonds is 6. The van der Waals surface area contributed by atoms with Gasteiger partial charge in [0.15, 0.2) is 5.60 Å². The Bertz CT molecular complexity index is 1550. The van der Waals surface area contributed by atoms with Crippen LogP contribution < -0.4 is 19.7 Å². The van der Waals surface area contributed by atoms with Gasteiger partial charge in [-0.2, -0.15) is 0 Å². The van der Waals surface area contributed by atoms with Crippen molar-refractivity contribution in [2.75, 3.05) is 30.4 Å². The summed E-state index contributed by atoms with van der Waals surface area (Å²) in [5, 5.41) is 4.07. The van der Waals surface area contributed by atoms with Crippen molar-refractivity contribution in [3.05, 3.63) is 106 Å². The number of nitrogens with one attached hydrogen (secondary N) is 1. The molecular formula is C31H27ClN2O4. The number of esters is 1. The van der Waals surface area contributed by atoms with Crippen LogP contribution in [0.2, 0.25) is 5.02 Å². The first-order chi connectivity index (χ1) is 18.5. The van der Waals surface area contributed by atoms with E-state index in [-0.39, 0.29) is 5.97 Å². The molecule has 7 heteroatoms. The third-order valence-corrected chi connectivity index (χ3v) is 7.52. The Balaban J connectivity index is 1.58. The maximum atomic E-state index is 13.2. The van der Waals surface area contributed by atoms with Crippen molar-refractivity contribution < 1.29 is 19.0 Å². The lowest BCUT2D eigenvalue weighted by Gasteiger charge is -2.37. The molecule has 0 radical (unpaired) electrons. The lowest BCUT2D eigenvalue weighted by atomic mass is 9.77. The fraction of sp³-hybridized carbons (Fsp3) is 0.194. The van der Waals surface area contributed by atoms with Gasteiger partial charge in [-0.05, 0) is 62.4 Å². The molecule has 38 heavy (non-hydrogen) atoms. The Morgan fingerprint density at radius 2 is 1.63 bits per heavy atom. The summed E-state index contributed by atoms with van der Waals surface area (Å²) < 4.78 is 18.6. The quantitative estimate of drug-likeness (QED) is 0.262. The van der Waals surface area contributed by atoms with Crippen LogP contribution in [0.15, 0.2) is 78.9 Å². The summed E-state index contributed by atoms with van der Waals surface area (Å²) in [5.74, 6) is 1.44. The fourth-order valence-electron chi connectivity index (χ4n) is 5.43. The van der Waals surface area contributed by atoms with Crippen molar-refractivity contribution in [3.8, 4) is 17.2 Å². The SMILES string of the molecule is CCN(CC)c1ccc2c(c1)Oc1cc(OC)c(Nc3ccc(Cl)cc3)cc1C21OC(=O)c2ccccc21. The predicted octanol–water partition coefficient (Wildman–Crippen LogP) is 7.51. The summed E-state index contributed by atoms with van der Waals surface area (Å²) in [5.41, 5.74) is 4.25. The number of hydrogen-bond acceptors (Lipinski definition) is 6. The zero-order chi connectivity index (χ0) is 26.4. The molecule has 4 aromatic carbocycles. The molecule has 2 aliphatic heterocycles. The van der Waals surface area contributed by atoms with Crippen LogP contribution in [-0.4, -0.2) is 26.2 Å². The van der Waals surface area contributed by atoms with E-state index in [2.05, 4.69) is 30.1 Å². The molecule has 1 N–H and O–H groups in total. The Kier molecular flexibility index (Phi) is 5.92. The first-order valence-electron chi connectivity index (χ1n) is 12.6. The van der Waals surface area contributed by atoms with E-state index in [0.717, 1.165) is 41.2 Å². The van der Waals surface area contributed by atoms with Gasteiger partial charge in [-0.1, -0.05) is 29.8 Å². The second kappa shape index (κ2) is 9.30. The van der Waals surface area contributed by atoms with Crippen molar-refractivity contribution >= 4 is 34.6 Å². The Morgan fingerprint density at radius 1 is 0.895 bits per heavy atom. The number of nitrogens with zero attached hydrogens (tertiary/aromatic N) is 1. The van der Waals surface area contributed by atoms with Crippen LogP contribution in [-0.2, 0) is 10.3 Å². The lowest BCUT2D eigenvalue weighted by Crippen LogP contribution is -2.33. The highest BCUT2D eigenvalue weighted by atomic mass is 35.5. The standard InChI is InChI=1S/C31H27ClN2O4/c1-4-34(5-2)21-14-15-24-27(16-21)37-28-18-29(36-3)26(33-20-12-10-19(32)11-13-20)17-25(28)31(24)23-9-7-6-8-22(23)30(35)38-31/h6-18,33H,4-5H2,1-3H3. The number of ether oxygens (including phenoxy) is 3. The number of carbonyl (C=O) groups is 1. The van der Waals surface area contributed by atoms with Gasteiger partial charge in [0, 0.05) is 58.3 Å². The highest BCUT2D eigenvalue weighted by molar-refractivity contribution is 6.30.